The number of Topliss-reactive ketones (excluding diaryl/α,β-unsaturated/α-hetero) is 1. The maximum atomic E-state index is 11.5. The van der Waals surface area contributed by atoms with E-state index in [4.69, 9.17) is 9.47 Å². The van der Waals surface area contributed by atoms with Crippen LogP contribution in [0.1, 0.15) is 17.3 Å². The first-order valence-corrected chi connectivity index (χ1v) is 8.86. The highest BCUT2D eigenvalue weighted by atomic mass is 16.5. The van der Waals surface area contributed by atoms with E-state index in [1.807, 2.05) is 36.4 Å². The Hall–Kier alpha value is -3.61. The molecule has 2 N–H and O–H groups in total. The number of hydrogen-bond donors (Lipinski definition) is 2. The van der Waals surface area contributed by atoms with E-state index in [0.29, 0.717) is 30.5 Å². The molecule has 7 nitrogen and oxygen atoms in total. The summed E-state index contributed by atoms with van der Waals surface area (Å²) in [5.74, 6) is 2.70. The van der Waals surface area contributed by atoms with E-state index in [2.05, 4.69) is 20.6 Å². The largest absolute Gasteiger partial charge is 0.497 e. The Balaban J connectivity index is 1.51. The maximum Gasteiger partial charge on any atom is 0.229 e. The van der Waals surface area contributed by atoms with Gasteiger partial charge < -0.3 is 20.1 Å². The minimum atomic E-state index is 0.0110. The Kier molecular flexibility index (Phi) is 6.41. The van der Waals surface area contributed by atoms with Crippen LogP contribution in [-0.2, 0) is 0 Å². The van der Waals surface area contributed by atoms with Crippen molar-refractivity contribution in [3.05, 3.63) is 66.4 Å². The molecule has 0 atom stereocenters. The van der Waals surface area contributed by atoms with E-state index in [0.717, 1.165) is 17.2 Å². The van der Waals surface area contributed by atoms with Crippen LogP contribution in [0.2, 0.25) is 0 Å². The first-order chi connectivity index (χ1) is 13.6. The van der Waals surface area contributed by atoms with Gasteiger partial charge in [-0.3, -0.25) is 4.79 Å². The van der Waals surface area contributed by atoms with Crippen molar-refractivity contribution in [2.24, 2.45) is 0 Å². The van der Waals surface area contributed by atoms with E-state index in [1.165, 1.54) is 6.92 Å². The number of anilines is 3. The number of carbonyl (C=O) groups is 1. The number of nitrogens with zero attached hydrogens (tertiary/aromatic N) is 2. The van der Waals surface area contributed by atoms with Crippen LogP contribution in [0.25, 0.3) is 0 Å². The third-order valence-corrected chi connectivity index (χ3v) is 3.92. The molecule has 0 aliphatic carbocycles. The number of nitrogens with one attached hydrogen (secondary N) is 2. The Morgan fingerprint density at radius 2 is 1.86 bits per heavy atom. The lowest BCUT2D eigenvalue weighted by Crippen LogP contribution is -2.13. The van der Waals surface area contributed by atoms with Crippen LogP contribution in [0.15, 0.2) is 60.8 Å². The summed E-state index contributed by atoms with van der Waals surface area (Å²) >= 11 is 0. The molecule has 0 spiro atoms. The molecule has 1 heterocycles. The molecule has 2 aromatic carbocycles. The maximum absolute atomic E-state index is 11.5. The molecular formula is C21H22N4O3. The van der Waals surface area contributed by atoms with Crippen LogP contribution < -0.4 is 20.1 Å². The van der Waals surface area contributed by atoms with Crippen molar-refractivity contribution in [3.63, 3.8) is 0 Å². The van der Waals surface area contributed by atoms with Crippen molar-refractivity contribution in [3.8, 4) is 11.5 Å². The number of benzene rings is 2. The van der Waals surface area contributed by atoms with Crippen LogP contribution in [0.5, 0.6) is 11.5 Å². The molecule has 0 saturated heterocycles. The predicted octanol–water partition coefficient (Wildman–Crippen LogP) is 3.92. The van der Waals surface area contributed by atoms with Crippen molar-refractivity contribution in [1.82, 2.24) is 9.97 Å². The van der Waals surface area contributed by atoms with Gasteiger partial charge >= 0.3 is 0 Å². The zero-order valence-electron chi connectivity index (χ0n) is 15.8. The lowest BCUT2D eigenvalue weighted by molar-refractivity contribution is 0.101. The summed E-state index contributed by atoms with van der Waals surface area (Å²) in [5.41, 5.74) is 1.39. The third-order valence-electron chi connectivity index (χ3n) is 3.92. The van der Waals surface area contributed by atoms with Crippen LogP contribution in [0.4, 0.5) is 17.5 Å². The van der Waals surface area contributed by atoms with Gasteiger partial charge in [-0.05, 0) is 49.4 Å². The predicted molar refractivity (Wildman–Crippen MR) is 109 cm³/mol. The molecule has 0 aliphatic rings. The second-order valence-electron chi connectivity index (χ2n) is 5.98. The van der Waals surface area contributed by atoms with Crippen molar-refractivity contribution in [1.29, 1.82) is 0 Å². The van der Waals surface area contributed by atoms with Gasteiger partial charge in [-0.1, -0.05) is 12.1 Å². The summed E-state index contributed by atoms with van der Waals surface area (Å²) in [6, 6.07) is 16.4. The number of rotatable bonds is 9. The fourth-order valence-electron chi connectivity index (χ4n) is 2.48. The molecule has 28 heavy (non-hydrogen) atoms. The van der Waals surface area contributed by atoms with Gasteiger partial charge in [0.2, 0.25) is 5.95 Å². The van der Waals surface area contributed by atoms with Crippen molar-refractivity contribution in [2.75, 3.05) is 30.9 Å². The zero-order chi connectivity index (χ0) is 19.8. The Morgan fingerprint density at radius 1 is 1.07 bits per heavy atom. The Labute approximate surface area is 163 Å². The minimum absolute atomic E-state index is 0.0110. The zero-order valence-corrected chi connectivity index (χ0v) is 15.8. The summed E-state index contributed by atoms with van der Waals surface area (Å²) in [6.45, 7) is 2.61. The Bertz CT molecular complexity index is 929. The fraction of sp³-hybridized carbons (Fsp3) is 0.190. The lowest BCUT2D eigenvalue weighted by Gasteiger charge is -2.10. The number of aromatic nitrogens is 2. The van der Waals surface area contributed by atoms with Gasteiger partial charge in [0.05, 0.1) is 13.7 Å². The van der Waals surface area contributed by atoms with Crippen molar-refractivity contribution in [2.45, 2.75) is 6.92 Å². The van der Waals surface area contributed by atoms with Crippen LogP contribution in [-0.4, -0.2) is 36.0 Å². The molecule has 144 valence electrons. The molecule has 0 bridgehead atoms. The van der Waals surface area contributed by atoms with Crippen LogP contribution >= 0.6 is 0 Å². The molecule has 1 aromatic heterocycles. The minimum Gasteiger partial charge on any atom is -0.497 e. The first-order valence-electron chi connectivity index (χ1n) is 8.86. The molecule has 0 unspecified atom stereocenters. The van der Waals surface area contributed by atoms with Gasteiger partial charge in [0.15, 0.2) is 5.78 Å². The Morgan fingerprint density at radius 3 is 2.61 bits per heavy atom. The van der Waals surface area contributed by atoms with Crippen molar-refractivity contribution < 1.29 is 14.3 Å². The average molecular weight is 378 g/mol. The molecule has 0 amide bonds. The smallest absolute Gasteiger partial charge is 0.229 e. The highest BCUT2D eigenvalue weighted by molar-refractivity contribution is 5.95. The van der Waals surface area contributed by atoms with E-state index >= 15 is 0 Å². The van der Waals surface area contributed by atoms with Gasteiger partial charge in [0, 0.05) is 17.4 Å². The SMILES string of the molecule is COc1ccc(OCCNc2ccnc(Nc3cccc(C(C)=O)c3)n2)cc1. The summed E-state index contributed by atoms with van der Waals surface area (Å²) < 4.78 is 10.8. The van der Waals surface area contributed by atoms with Gasteiger partial charge in [0.25, 0.3) is 0 Å². The van der Waals surface area contributed by atoms with Crippen LogP contribution in [0.3, 0.4) is 0 Å². The quantitative estimate of drug-likeness (QED) is 0.431. The fourth-order valence-corrected chi connectivity index (χ4v) is 2.48. The molecule has 3 rings (SSSR count). The summed E-state index contributed by atoms with van der Waals surface area (Å²) in [5, 5.41) is 6.31. The summed E-state index contributed by atoms with van der Waals surface area (Å²) in [4.78, 5) is 20.1. The average Bonchev–Trinajstić information content (AvgIpc) is 2.72. The monoisotopic (exact) mass is 378 g/mol. The topological polar surface area (TPSA) is 85.4 Å². The first kappa shape index (κ1) is 19.2. The van der Waals surface area contributed by atoms with Gasteiger partial charge in [-0.2, -0.15) is 4.98 Å². The van der Waals surface area contributed by atoms with Crippen molar-refractivity contribution >= 4 is 23.2 Å². The van der Waals surface area contributed by atoms with Gasteiger partial charge in [-0.25, -0.2) is 4.98 Å². The van der Waals surface area contributed by atoms with Crippen LogP contribution in [0, 0.1) is 0 Å². The second-order valence-corrected chi connectivity index (χ2v) is 5.98. The summed E-state index contributed by atoms with van der Waals surface area (Å²) in [6.07, 6.45) is 1.66. The van der Waals surface area contributed by atoms with E-state index in [9.17, 15) is 4.79 Å². The number of ether oxygens (including phenoxy) is 2. The lowest BCUT2D eigenvalue weighted by atomic mass is 10.1. The van der Waals surface area contributed by atoms with E-state index in [1.54, 1.807) is 31.5 Å². The van der Waals surface area contributed by atoms with Gasteiger partial charge in [-0.15, -0.1) is 0 Å². The molecule has 0 fully saturated rings. The standard InChI is InChI=1S/C21H22N4O3/c1-15(26)16-4-3-5-17(14-16)24-21-23-11-10-20(25-21)22-12-13-28-19-8-6-18(27-2)7-9-19/h3-11,14H,12-13H2,1-2H3,(H2,22,23,24,25). The van der Waals surface area contributed by atoms with E-state index < -0.39 is 0 Å². The molecular weight excluding hydrogens is 356 g/mol. The number of carbonyl (C=O) groups excluding carboxylic acids is 1. The number of hydrogen-bond acceptors (Lipinski definition) is 7. The molecule has 7 heteroatoms. The molecule has 0 radical (unpaired) electrons. The van der Waals surface area contributed by atoms with E-state index in [-0.39, 0.29) is 5.78 Å². The highest BCUT2D eigenvalue weighted by Crippen LogP contribution is 2.18. The highest BCUT2D eigenvalue weighted by Gasteiger charge is 2.03. The van der Waals surface area contributed by atoms with Gasteiger partial charge in [0.1, 0.15) is 23.9 Å². The number of methoxy groups -OCH3 is 1. The molecule has 3 aromatic rings. The third kappa shape index (κ3) is 5.44. The second kappa shape index (κ2) is 9.36. The molecule has 0 aliphatic heterocycles. The number of ketones is 1. The molecule has 0 saturated carbocycles. The summed E-state index contributed by atoms with van der Waals surface area (Å²) in [7, 11) is 1.63. The normalized spacial score (nSPS) is 10.2.